The predicted molar refractivity (Wildman–Crippen MR) is 60.5 cm³/mol. The topological polar surface area (TPSA) is 12.5 Å². The fraction of sp³-hybridized carbons (Fsp3) is 1.00. The molecule has 2 nitrogen and oxygen atoms in total. The number of hydrogen-bond acceptors (Lipinski definition) is 2. The Balaban J connectivity index is 2.56. The highest BCUT2D eigenvalue weighted by Crippen LogP contribution is 2.29. The largest absolute Gasteiger partial charge is 0.384 e. The normalized spacial score (nSPS) is 29.4. The summed E-state index contributed by atoms with van der Waals surface area (Å²) in [6, 6.07) is 1.43. The van der Waals surface area contributed by atoms with Crippen molar-refractivity contribution in [1.82, 2.24) is 4.90 Å². The molecule has 0 aromatic carbocycles. The molecule has 1 heterocycles. The Kier molecular flexibility index (Phi) is 4.39. The molecule has 2 heteroatoms. The quantitative estimate of drug-likeness (QED) is 0.689. The third-order valence-corrected chi connectivity index (χ3v) is 3.31. The van der Waals surface area contributed by atoms with Gasteiger partial charge in [-0.15, -0.1) is 0 Å². The van der Waals surface area contributed by atoms with Crippen LogP contribution in [-0.4, -0.2) is 37.2 Å². The summed E-state index contributed by atoms with van der Waals surface area (Å²) in [4.78, 5) is 2.63. The SMILES string of the molecule is COCC1C[C@H](C(C)C)N(C(C)C)C1. The minimum atomic E-state index is 0.671. The molecule has 0 saturated carbocycles. The van der Waals surface area contributed by atoms with E-state index in [2.05, 4.69) is 32.6 Å². The fourth-order valence-corrected chi connectivity index (χ4v) is 2.59. The molecule has 1 fully saturated rings. The van der Waals surface area contributed by atoms with Gasteiger partial charge < -0.3 is 4.74 Å². The van der Waals surface area contributed by atoms with Crippen LogP contribution < -0.4 is 0 Å². The summed E-state index contributed by atoms with van der Waals surface area (Å²) in [5, 5.41) is 0. The summed E-state index contributed by atoms with van der Waals surface area (Å²) in [5.41, 5.74) is 0. The highest BCUT2D eigenvalue weighted by molar-refractivity contribution is 4.88. The first-order chi connectivity index (χ1) is 6.56. The molecule has 0 bridgehead atoms. The van der Waals surface area contributed by atoms with E-state index < -0.39 is 0 Å². The van der Waals surface area contributed by atoms with Gasteiger partial charge in [-0.3, -0.25) is 4.90 Å². The van der Waals surface area contributed by atoms with Crippen LogP contribution in [0.5, 0.6) is 0 Å². The standard InChI is InChI=1S/C12H25NO/c1-9(2)12-6-11(8-14-5)7-13(12)10(3)4/h9-12H,6-8H2,1-5H3/t11?,12-/m1/s1. The van der Waals surface area contributed by atoms with Gasteiger partial charge in [0.1, 0.15) is 0 Å². The van der Waals surface area contributed by atoms with Crippen molar-refractivity contribution < 1.29 is 4.74 Å². The second-order valence-corrected chi connectivity index (χ2v) is 5.16. The van der Waals surface area contributed by atoms with Crippen molar-refractivity contribution >= 4 is 0 Å². The van der Waals surface area contributed by atoms with Gasteiger partial charge in [-0.25, -0.2) is 0 Å². The molecular weight excluding hydrogens is 174 g/mol. The van der Waals surface area contributed by atoms with Crippen LogP contribution in [0.2, 0.25) is 0 Å². The Hall–Kier alpha value is -0.0800. The average molecular weight is 199 g/mol. The number of nitrogens with zero attached hydrogens (tertiary/aromatic N) is 1. The Morgan fingerprint density at radius 1 is 1.29 bits per heavy atom. The van der Waals surface area contributed by atoms with E-state index >= 15 is 0 Å². The first-order valence-corrected chi connectivity index (χ1v) is 5.81. The van der Waals surface area contributed by atoms with E-state index in [0.717, 1.165) is 24.5 Å². The van der Waals surface area contributed by atoms with Gasteiger partial charge >= 0.3 is 0 Å². The Morgan fingerprint density at radius 2 is 1.93 bits per heavy atom. The van der Waals surface area contributed by atoms with E-state index in [0.29, 0.717) is 6.04 Å². The lowest BCUT2D eigenvalue weighted by Gasteiger charge is -2.30. The molecule has 1 saturated heterocycles. The zero-order chi connectivity index (χ0) is 10.7. The summed E-state index contributed by atoms with van der Waals surface area (Å²) < 4.78 is 5.26. The molecule has 1 aliphatic rings. The van der Waals surface area contributed by atoms with Crippen molar-refractivity contribution in [3.05, 3.63) is 0 Å². The molecule has 0 radical (unpaired) electrons. The highest BCUT2D eigenvalue weighted by Gasteiger charge is 2.34. The monoisotopic (exact) mass is 199 g/mol. The molecule has 1 unspecified atom stereocenters. The maximum atomic E-state index is 5.26. The van der Waals surface area contributed by atoms with Crippen LogP contribution in [0.25, 0.3) is 0 Å². The third kappa shape index (κ3) is 2.71. The molecule has 0 aromatic rings. The molecule has 84 valence electrons. The summed E-state index contributed by atoms with van der Waals surface area (Å²) in [6.45, 7) is 11.4. The van der Waals surface area contributed by atoms with Gasteiger partial charge in [0.2, 0.25) is 0 Å². The molecular formula is C12H25NO. The van der Waals surface area contributed by atoms with E-state index in [4.69, 9.17) is 4.74 Å². The number of ether oxygens (including phenoxy) is 1. The zero-order valence-electron chi connectivity index (χ0n) is 10.3. The van der Waals surface area contributed by atoms with Crippen molar-refractivity contribution in [3.63, 3.8) is 0 Å². The number of rotatable bonds is 4. The summed E-state index contributed by atoms with van der Waals surface area (Å²) in [5.74, 6) is 1.51. The minimum absolute atomic E-state index is 0.671. The molecule has 0 aliphatic carbocycles. The maximum absolute atomic E-state index is 5.26. The van der Waals surface area contributed by atoms with Gasteiger partial charge in [-0.1, -0.05) is 13.8 Å². The van der Waals surface area contributed by atoms with Crippen molar-refractivity contribution in [2.45, 2.75) is 46.2 Å². The first-order valence-electron chi connectivity index (χ1n) is 5.81. The van der Waals surface area contributed by atoms with Crippen LogP contribution in [0.1, 0.15) is 34.1 Å². The minimum Gasteiger partial charge on any atom is -0.384 e. The lowest BCUT2D eigenvalue weighted by molar-refractivity contribution is 0.143. The molecule has 0 spiro atoms. The van der Waals surface area contributed by atoms with Crippen molar-refractivity contribution in [2.24, 2.45) is 11.8 Å². The van der Waals surface area contributed by atoms with Crippen LogP contribution in [-0.2, 0) is 4.74 Å². The lowest BCUT2D eigenvalue weighted by Crippen LogP contribution is -2.38. The fourth-order valence-electron chi connectivity index (χ4n) is 2.59. The van der Waals surface area contributed by atoms with Gasteiger partial charge in [-0.05, 0) is 32.1 Å². The molecule has 1 aliphatic heterocycles. The second-order valence-electron chi connectivity index (χ2n) is 5.16. The van der Waals surface area contributed by atoms with Crippen molar-refractivity contribution in [2.75, 3.05) is 20.3 Å². The Labute approximate surface area is 88.6 Å². The molecule has 0 N–H and O–H groups in total. The lowest BCUT2D eigenvalue weighted by atomic mass is 9.97. The van der Waals surface area contributed by atoms with Gasteiger partial charge in [0.25, 0.3) is 0 Å². The van der Waals surface area contributed by atoms with Gasteiger partial charge in [0.05, 0.1) is 6.61 Å². The Morgan fingerprint density at radius 3 is 2.29 bits per heavy atom. The third-order valence-electron chi connectivity index (χ3n) is 3.31. The van der Waals surface area contributed by atoms with E-state index in [1.807, 2.05) is 7.11 Å². The van der Waals surface area contributed by atoms with Crippen LogP contribution in [0, 0.1) is 11.8 Å². The highest BCUT2D eigenvalue weighted by atomic mass is 16.5. The molecule has 14 heavy (non-hydrogen) atoms. The zero-order valence-corrected chi connectivity index (χ0v) is 10.3. The molecule has 0 aromatic heterocycles. The van der Waals surface area contributed by atoms with Crippen molar-refractivity contribution in [1.29, 1.82) is 0 Å². The summed E-state index contributed by atoms with van der Waals surface area (Å²) in [6.07, 6.45) is 1.31. The Bertz CT molecular complexity index is 152. The van der Waals surface area contributed by atoms with Crippen LogP contribution in [0.15, 0.2) is 0 Å². The van der Waals surface area contributed by atoms with Gasteiger partial charge in [-0.2, -0.15) is 0 Å². The van der Waals surface area contributed by atoms with E-state index in [1.165, 1.54) is 13.0 Å². The van der Waals surface area contributed by atoms with Crippen LogP contribution >= 0.6 is 0 Å². The second kappa shape index (κ2) is 5.13. The number of methoxy groups -OCH3 is 1. The van der Waals surface area contributed by atoms with Crippen LogP contribution in [0.4, 0.5) is 0 Å². The summed E-state index contributed by atoms with van der Waals surface area (Å²) >= 11 is 0. The average Bonchev–Trinajstić information content (AvgIpc) is 2.49. The van der Waals surface area contributed by atoms with Gasteiger partial charge in [0, 0.05) is 25.7 Å². The van der Waals surface area contributed by atoms with E-state index in [1.54, 1.807) is 0 Å². The van der Waals surface area contributed by atoms with E-state index in [9.17, 15) is 0 Å². The maximum Gasteiger partial charge on any atom is 0.0503 e. The smallest absolute Gasteiger partial charge is 0.0503 e. The molecule has 1 rings (SSSR count). The predicted octanol–water partition coefficient (Wildman–Crippen LogP) is 2.39. The number of hydrogen-bond donors (Lipinski definition) is 0. The van der Waals surface area contributed by atoms with Gasteiger partial charge in [0.15, 0.2) is 0 Å². The number of likely N-dealkylation sites (tertiary alicyclic amines) is 1. The molecule has 2 atom stereocenters. The summed E-state index contributed by atoms with van der Waals surface area (Å²) in [7, 11) is 1.81. The first kappa shape index (κ1) is 12.0. The van der Waals surface area contributed by atoms with Crippen LogP contribution in [0.3, 0.4) is 0 Å². The van der Waals surface area contributed by atoms with E-state index in [-0.39, 0.29) is 0 Å². The molecule has 0 amide bonds. The van der Waals surface area contributed by atoms with Crippen molar-refractivity contribution in [3.8, 4) is 0 Å².